The van der Waals surface area contributed by atoms with E-state index in [1.54, 1.807) is 30.3 Å². The number of carbonyl (C=O) groups is 1. The monoisotopic (exact) mass is 454 g/mol. The predicted molar refractivity (Wildman–Crippen MR) is 121 cm³/mol. The fourth-order valence-corrected chi connectivity index (χ4v) is 3.82. The number of hydrogen-bond acceptors (Lipinski definition) is 3. The Labute approximate surface area is 190 Å². The molecular weight excluding hydrogens is 429 g/mol. The third-order valence-electron chi connectivity index (χ3n) is 5.64. The van der Waals surface area contributed by atoms with Gasteiger partial charge in [-0.3, -0.25) is 4.79 Å². The summed E-state index contributed by atoms with van der Waals surface area (Å²) in [5.74, 6) is 0.789. The average molecular weight is 454 g/mol. The average Bonchev–Trinajstić information content (AvgIpc) is 3.34. The molecule has 4 rings (SSSR count). The molecule has 7 heteroatoms. The number of halogens is 3. The molecule has 4 nitrogen and oxygen atoms in total. The van der Waals surface area contributed by atoms with E-state index in [2.05, 4.69) is 10.6 Å². The maximum absolute atomic E-state index is 13.4. The van der Waals surface area contributed by atoms with Gasteiger partial charge in [0.1, 0.15) is 11.5 Å². The van der Waals surface area contributed by atoms with E-state index in [1.807, 2.05) is 25.1 Å². The van der Waals surface area contributed by atoms with Crippen LogP contribution in [0.15, 0.2) is 66.7 Å². The van der Waals surface area contributed by atoms with Crippen LogP contribution in [-0.4, -0.2) is 18.5 Å². The molecule has 0 bridgehead atoms. The molecular formula is C26H25F3N2O2. The topological polar surface area (TPSA) is 50.4 Å². The maximum Gasteiger partial charge on any atom is 0.416 e. The lowest BCUT2D eigenvalue weighted by molar-refractivity contribution is -0.137. The van der Waals surface area contributed by atoms with Crippen LogP contribution in [0.25, 0.3) is 11.1 Å². The Morgan fingerprint density at radius 2 is 1.88 bits per heavy atom. The number of nitrogens with one attached hydrogen (secondary N) is 2. The highest BCUT2D eigenvalue weighted by Crippen LogP contribution is 2.39. The molecule has 3 aromatic rings. The van der Waals surface area contributed by atoms with Crippen LogP contribution in [0.2, 0.25) is 0 Å². The normalized spacial score (nSPS) is 15.9. The summed E-state index contributed by atoms with van der Waals surface area (Å²) in [4.78, 5) is 12.3. The number of carbonyl (C=O) groups excluding carboxylic acids is 1. The molecule has 1 saturated heterocycles. The van der Waals surface area contributed by atoms with Crippen molar-refractivity contribution in [1.29, 1.82) is 0 Å². The van der Waals surface area contributed by atoms with Crippen molar-refractivity contribution in [3.63, 3.8) is 0 Å². The van der Waals surface area contributed by atoms with Crippen molar-refractivity contribution in [2.75, 3.05) is 6.54 Å². The number of rotatable bonds is 6. The fraction of sp³-hybridized carbons (Fsp3) is 0.269. The van der Waals surface area contributed by atoms with Gasteiger partial charge < -0.3 is 15.4 Å². The van der Waals surface area contributed by atoms with Gasteiger partial charge in [-0.2, -0.15) is 13.2 Å². The lowest BCUT2D eigenvalue weighted by Gasteiger charge is -2.16. The first-order chi connectivity index (χ1) is 15.8. The van der Waals surface area contributed by atoms with Gasteiger partial charge in [-0.05, 0) is 73.8 Å². The minimum absolute atomic E-state index is 0.0691. The second-order valence-corrected chi connectivity index (χ2v) is 8.19. The summed E-state index contributed by atoms with van der Waals surface area (Å²) in [7, 11) is 0. The van der Waals surface area contributed by atoms with Gasteiger partial charge in [-0.25, -0.2) is 0 Å². The van der Waals surface area contributed by atoms with Crippen molar-refractivity contribution in [2.24, 2.45) is 0 Å². The molecule has 1 aliphatic rings. The van der Waals surface area contributed by atoms with Gasteiger partial charge in [0.15, 0.2) is 0 Å². The standard InChI is InChI=1S/C26H25F3N2O2/c1-17-7-10-21(11-8-17)33-24-12-9-20(26(27,28)29)15-22(24)19-5-2-4-18(14-19)16-31-25(32)23-6-3-13-30-23/h2,4-5,7-12,14-15,23,30H,3,6,13,16H2,1H3,(H,31,32)/t23-/m0/s1. The van der Waals surface area contributed by atoms with Gasteiger partial charge in [-0.15, -0.1) is 0 Å². The molecule has 0 saturated carbocycles. The Morgan fingerprint density at radius 3 is 2.58 bits per heavy atom. The minimum atomic E-state index is -4.48. The van der Waals surface area contributed by atoms with E-state index in [-0.39, 0.29) is 18.5 Å². The molecule has 33 heavy (non-hydrogen) atoms. The first kappa shape index (κ1) is 22.9. The first-order valence-corrected chi connectivity index (χ1v) is 10.9. The molecule has 1 aliphatic heterocycles. The number of hydrogen-bond donors (Lipinski definition) is 2. The van der Waals surface area contributed by atoms with Gasteiger partial charge in [0.25, 0.3) is 0 Å². The highest BCUT2D eigenvalue weighted by molar-refractivity contribution is 5.82. The van der Waals surface area contributed by atoms with Crippen LogP contribution in [0.1, 0.15) is 29.5 Å². The van der Waals surface area contributed by atoms with Crippen molar-refractivity contribution >= 4 is 5.91 Å². The molecule has 1 atom stereocenters. The summed E-state index contributed by atoms with van der Waals surface area (Å²) in [5.41, 5.74) is 2.00. The van der Waals surface area contributed by atoms with Crippen LogP contribution in [0.3, 0.4) is 0 Å². The molecule has 0 unspecified atom stereocenters. The van der Waals surface area contributed by atoms with Crippen LogP contribution in [-0.2, 0) is 17.5 Å². The highest BCUT2D eigenvalue weighted by Gasteiger charge is 2.31. The summed E-state index contributed by atoms with van der Waals surface area (Å²) in [6.07, 6.45) is -2.71. The Balaban J connectivity index is 1.62. The van der Waals surface area contributed by atoms with Crippen molar-refractivity contribution in [3.05, 3.63) is 83.4 Å². The number of alkyl halides is 3. The summed E-state index contributed by atoms with van der Waals surface area (Å²) in [5, 5.41) is 6.05. The van der Waals surface area contributed by atoms with Crippen molar-refractivity contribution < 1.29 is 22.7 Å². The lowest BCUT2D eigenvalue weighted by atomic mass is 9.99. The van der Waals surface area contributed by atoms with E-state index in [0.717, 1.165) is 42.6 Å². The molecule has 0 aliphatic carbocycles. The van der Waals surface area contributed by atoms with Crippen molar-refractivity contribution in [1.82, 2.24) is 10.6 Å². The van der Waals surface area contributed by atoms with Gasteiger partial charge in [0, 0.05) is 12.1 Å². The van der Waals surface area contributed by atoms with Crippen molar-refractivity contribution in [3.8, 4) is 22.6 Å². The number of benzene rings is 3. The van der Waals surface area contributed by atoms with Gasteiger partial charge in [0.2, 0.25) is 5.91 Å². The smallest absolute Gasteiger partial charge is 0.416 e. The van der Waals surface area contributed by atoms with Crippen LogP contribution in [0.5, 0.6) is 11.5 Å². The molecule has 1 heterocycles. The Bertz CT molecular complexity index is 1120. The molecule has 1 amide bonds. The molecule has 2 N–H and O–H groups in total. The summed E-state index contributed by atoms with van der Waals surface area (Å²) >= 11 is 0. The van der Waals surface area contributed by atoms with E-state index in [9.17, 15) is 18.0 Å². The summed E-state index contributed by atoms with van der Waals surface area (Å²) in [6.45, 7) is 3.06. The van der Waals surface area contributed by atoms with E-state index in [4.69, 9.17) is 4.74 Å². The van der Waals surface area contributed by atoms with E-state index in [0.29, 0.717) is 22.6 Å². The Hall–Kier alpha value is -3.32. The molecule has 0 radical (unpaired) electrons. The van der Waals surface area contributed by atoms with E-state index in [1.165, 1.54) is 6.07 Å². The van der Waals surface area contributed by atoms with E-state index < -0.39 is 11.7 Å². The SMILES string of the molecule is Cc1ccc(Oc2ccc(C(F)(F)F)cc2-c2cccc(CNC(=O)[C@@H]3CCCN3)c2)cc1. The maximum atomic E-state index is 13.4. The summed E-state index contributed by atoms with van der Waals surface area (Å²) in [6, 6.07) is 17.7. The van der Waals surface area contributed by atoms with Crippen molar-refractivity contribution in [2.45, 2.75) is 38.5 Å². The molecule has 0 aromatic heterocycles. The second-order valence-electron chi connectivity index (χ2n) is 8.19. The lowest BCUT2D eigenvalue weighted by Crippen LogP contribution is -2.39. The quantitative estimate of drug-likeness (QED) is 0.492. The van der Waals surface area contributed by atoms with Crippen LogP contribution >= 0.6 is 0 Å². The van der Waals surface area contributed by atoms with Crippen LogP contribution in [0, 0.1) is 6.92 Å². The molecule has 3 aromatic carbocycles. The minimum Gasteiger partial charge on any atom is -0.457 e. The van der Waals surface area contributed by atoms with Gasteiger partial charge >= 0.3 is 6.18 Å². The zero-order valence-corrected chi connectivity index (χ0v) is 18.2. The highest BCUT2D eigenvalue weighted by atomic mass is 19.4. The van der Waals surface area contributed by atoms with Crippen LogP contribution < -0.4 is 15.4 Å². The Kier molecular flexibility index (Phi) is 6.70. The zero-order chi connectivity index (χ0) is 23.4. The number of amides is 1. The Morgan fingerprint density at radius 1 is 1.09 bits per heavy atom. The van der Waals surface area contributed by atoms with E-state index >= 15 is 0 Å². The molecule has 172 valence electrons. The predicted octanol–water partition coefficient (Wildman–Crippen LogP) is 5.84. The third-order valence-corrected chi connectivity index (χ3v) is 5.64. The zero-order valence-electron chi connectivity index (χ0n) is 18.2. The van der Waals surface area contributed by atoms with Gasteiger partial charge in [0.05, 0.1) is 11.6 Å². The summed E-state index contributed by atoms with van der Waals surface area (Å²) < 4.78 is 46.2. The second kappa shape index (κ2) is 9.67. The fourth-order valence-electron chi connectivity index (χ4n) is 3.82. The number of aryl methyl sites for hydroxylation is 1. The van der Waals surface area contributed by atoms with Crippen LogP contribution in [0.4, 0.5) is 13.2 Å². The third kappa shape index (κ3) is 5.73. The molecule has 0 spiro atoms. The number of ether oxygens (including phenoxy) is 1. The first-order valence-electron chi connectivity index (χ1n) is 10.9. The van der Waals surface area contributed by atoms with Gasteiger partial charge in [-0.1, -0.05) is 35.9 Å². The molecule has 1 fully saturated rings. The largest absolute Gasteiger partial charge is 0.457 e.